The quantitative estimate of drug-likeness (QED) is 0.388. The number of pyridine rings is 2. The molecule has 0 aliphatic heterocycles. The van der Waals surface area contributed by atoms with E-state index < -0.39 is 11.4 Å². The van der Waals surface area contributed by atoms with Crippen molar-refractivity contribution >= 4 is 17.6 Å². The first-order valence-corrected chi connectivity index (χ1v) is 11.4. The van der Waals surface area contributed by atoms with Gasteiger partial charge in [-0.3, -0.25) is 19.6 Å². The van der Waals surface area contributed by atoms with Crippen molar-refractivity contribution in [3.63, 3.8) is 0 Å². The Hall–Kier alpha value is -4.18. The van der Waals surface area contributed by atoms with Crippen LogP contribution in [0, 0.1) is 0 Å². The van der Waals surface area contributed by atoms with Crippen LogP contribution < -0.4 is 11.2 Å². The fourth-order valence-corrected chi connectivity index (χ4v) is 3.99. The normalized spacial score (nSPS) is 14.1. The maximum Gasteiger partial charge on any atom is 0.336 e. The van der Waals surface area contributed by atoms with E-state index in [0.717, 1.165) is 33.9 Å². The molecule has 10 heteroatoms. The summed E-state index contributed by atoms with van der Waals surface area (Å²) in [6.07, 6.45) is 10.2. The molecule has 0 radical (unpaired) electrons. The van der Waals surface area contributed by atoms with E-state index in [1.807, 2.05) is 31.3 Å². The number of carbonyl (C=O) groups is 1. The smallest absolute Gasteiger partial charge is 0.336 e. The summed E-state index contributed by atoms with van der Waals surface area (Å²) < 4.78 is 1.75. The van der Waals surface area contributed by atoms with Gasteiger partial charge in [0.2, 0.25) is 0 Å². The van der Waals surface area contributed by atoms with Crippen LogP contribution in [0.25, 0.3) is 22.4 Å². The Morgan fingerprint density at radius 1 is 1.06 bits per heavy atom. The van der Waals surface area contributed by atoms with Crippen LogP contribution in [0.2, 0.25) is 0 Å². The van der Waals surface area contributed by atoms with E-state index in [0.29, 0.717) is 24.4 Å². The number of hydrogen-bond donors (Lipinski definition) is 2. The number of nitrogens with two attached hydrogens (primary N) is 1. The lowest BCUT2D eigenvalue weighted by Gasteiger charge is -2.12. The average Bonchev–Trinajstić information content (AvgIpc) is 3.63. The highest BCUT2D eigenvalue weighted by Crippen LogP contribution is 2.48. The zero-order valence-electron chi connectivity index (χ0n) is 19.8. The maximum atomic E-state index is 12.0. The van der Waals surface area contributed by atoms with Gasteiger partial charge in [0.1, 0.15) is 17.1 Å². The minimum Gasteiger partial charge on any atom is -0.373 e. The molecule has 0 aromatic carbocycles. The average molecular weight is 471 g/mol. The summed E-state index contributed by atoms with van der Waals surface area (Å²) in [7, 11) is 1.86. The van der Waals surface area contributed by atoms with E-state index in [2.05, 4.69) is 49.0 Å². The highest BCUT2D eigenvalue weighted by molar-refractivity contribution is 5.86. The SMILES string of the molecule is CC(C)c1cncc(Nc2c(-c3ccc(-c4ccc(C5(C(=O)ON)CC5)nc4)cn3)cnn2C)n1. The summed E-state index contributed by atoms with van der Waals surface area (Å²) in [6, 6.07) is 7.70. The second-order valence-electron chi connectivity index (χ2n) is 8.99. The van der Waals surface area contributed by atoms with Crippen LogP contribution in [0.3, 0.4) is 0 Å². The van der Waals surface area contributed by atoms with Crippen LogP contribution in [0.5, 0.6) is 0 Å². The van der Waals surface area contributed by atoms with E-state index >= 15 is 0 Å². The monoisotopic (exact) mass is 470 g/mol. The minimum absolute atomic E-state index is 0.275. The molecule has 5 rings (SSSR count). The van der Waals surface area contributed by atoms with E-state index in [1.165, 1.54) is 0 Å². The predicted molar refractivity (Wildman–Crippen MR) is 130 cm³/mol. The molecule has 4 aromatic heterocycles. The fourth-order valence-electron chi connectivity index (χ4n) is 3.99. The topological polar surface area (TPSA) is 134 Å². The number of aryl methyl sites for hydroxylation is 1. The van der Waals surface area contributed by atoms with E-state index in [-0.39, 0.29) is 5.92 Å². The Bertz CT molecular complexity index is 1360. The molecular formula is C25H26N8O2. The largest absolute Gasteiger partial charge is 0.373 e. The third kappa shape index (κ3) is 4.24. The highest BCUT2D eigenvalue weighted by Gasteiger charge is 2.54. The second-order valence-corrected chi connectivity index (χ2v) is 8.99. The van der Waals surface area contributed by atoms with Gasteiger partial charge in [-0.25, -0.2) is 9.78 Å². The third-order valence-corrected chi connectivity index (χ3v) is 6.30. The summed E-state index contributed by atoms with van der Waals surface area (Å²) >= 11 is 0. The number of aromatic nitrogens is 6. The molecule has 0 bridgehead atoms. The molecule has 0 amide bonds. The number of nitrogens with one attached hydrogen (secondary N) is 1. The lowest BCUT2D eigenvalue weighted by molar-refractivity contribution is -0.147. The van der Waals surface area contributed by atoms with Gasteiger partial charge in [-0.15, -0.1) is 0 Å². The van der Waals surface area contributed by atoms with E-state index in [4.69, 9.17) is 5.90 Å². The van der Waals surface area contributed by atoms with Gasteiger partial charge in [-0.05, 0) is 30.9 Å². The summed E-state index contributed by atoms with van der Waals surface area (Å²) in [5.41, 5.74) is 4.32. The summed E-state index contributed by atoms with van der Waals surface area (Å²) in [4.78, 5) is 34.6. The van der Waals surface area contributed by atoms with Crippen LogP contribution in [0.4, 0.5) is 11.6 Å². The Balaban J connectivity index is 1.37. The molecule has 1 fully saturated rings. The Kier molecular flexibility index (Phi) is 5.73. The second kappa shape index (κ2) is 8.88. The molecule has 0 atom stereocenters. The van der Waals surface area contributed by atoms with Crippen LogP contribution in [0.15, 0.2) is 55.2 Å². The van der Waals surface area contributed by atoms with Gasteiger partial charge in [0.25, 0.3) is 0 Å². The summed E-state index contributed by atoms with van der Waals surface area (Å²) in [5, 5.41) is 7.73. The van der Waals surface area contributed by atoms with E-state index in [1.54, 1.807) is 35.7 Å². The maximum absolute atomic E-state index is 12.0. The van der Waals surface area contributed by atoms with Crippen LogP contribution in [-0.2, 0) is 22.1 Å². The number of anilines is 2. The highest BCUT2D eigenvalue weighted by atomic mass is 16.7. The van der Waals surface area contributed by atoms with Gasteiger partial charge in [-0.1, -0.05) is 26.0 Å². The molecule has 0 spiro atoms. The molecule has 1 aliphatic carbocycles. The zero-order valence-corrected chi connectivity index (χ0v) is 19.8. The van der Waals surface area contributed by atoms with Gasteiger partial charge >= 0.3 is 5.97 Å². The van der Waals surface area contributed by atoms with Crippen molar-refractivity contribution in [3.8, 4) is 22.4 Å². The van der Waals surface area contributed by atoms with Gasteiger partial charge < -0.3 is 10.2 Å². The number of hydrogen-bond acceptors (Lipinski definition) is 9. The molecule has 4 heterocycles. The first-order chi connectivity index (χ1) is 16.9. The Labute approximate surface area is 202 Å². The van der Waals surface area contributed by atoms with Gasteiger partial charge in [0, 0.05) is 36.8 Å². The molecule has 35 heavy (non-hydrogen) atoms. The standard InChI is InChI=1S/C25H26N8O2/c1-15(2)20-13-27-14-22(31-20)32-23-18(12-30-33(23)3)19-6-4-16(10-28-19)17-5-7-21(29-11-17)25(8-9-25)24(34)35-26/h4-7,10-15H,8-9,26H2,1-3H3,(H,31,32). The molecule has 1 saturated carbocycles. The molecule has 1 aliphatic rings. The van der Waals surface area contributed by atoms with Crippen LogP contribution in [0.1, 0.15) is 44.0 Å². The third-order valence-electron chi connectivity index (χ3n) is 6.30. The first-order valence-electron chi connectivity index (χ1n) is 11.4. The molecule has 178 valence electrons. The van der Waals surface area contributed by atoms with Gasteiger partial charge in [-0.2, -0.15) is 11.0 Å². The van der Waals surface area contributed by atoms with Gasteiger partial charge in [0.15, 0.2) is 0 Å². The van der Waals surface area contributed by atoms with Crippen molar-refractivity contribution in [3.05, 3.63) is 66.6 Å². The van der Waals surface area contributed by atoms with Crippen molar-refractivity contribution in [1.29, 1.82) is 0 Å². The van der Waals surface area contributed by atoms with Crippen LogP contribution >= 0.6 is 0 Å². The molecular weight excluding hydrogens is 444 g/mol. The summed E-state index contributed by atoms with van der Waals surface area (Å²) in [6.45, 7) is 4.16. The van der Waals surface area contributed by atoms with Crippen molar-refractivity contribution in [2.45, 2.75) is 38.0 Å². The molecule has 4 aromatic rings. The predicted octanol–water partition coefficient (Wildman–Crippen LogP) is 3.65. The number of carbonyl (C=O) groups excluding carboxylic acids is 1. The molecule has 3 N–H and O–H groups in total. The van der Waals surface area contributed by atoms with Crippen molar-refractivity contribution in [1.82, 2.24) is 29.7 Å². The zero-order chi connectivity index (χ0) is 24.6. The van der Waals surface area contributed by atoms with Crippen molar-refractivity contribution in [2.24, 2.45) is 12.9 Å². The lowest BCUT2D eigenvalue weighted by atomic mass is 10.0. The molecule has 10 nitrogen and oxygen atoms in total. The van der Waals surface area contributed by atoms with Crippen molar-refractivity contribution in [2.75, 3.05) is 5.32 Å². The number of nitrogens with zero attached hydrogens (tertiary/aromatic N) is 6. The Morgan fingerprint density at radius 2 is 1.80 bits per heavy atom. The minimum atomic E-state index is -0.696. The number of rotatable bonds is 7. The summed E-state index contributed by atoms with van der Waals surface area (Å²) in [5.74, 6) is 6.35. The molecule has 0 unspecified atom stereocenters. The van der Waals surface area contributed by atoms with E-state index in [9.17, 15) is 4.79 Å². The molecule has 0 saturated heterocycles. The van der Waals surface area contributed by atoms with Crippen LogP contribution in [-0.4, -0.2) is 35.7 Å². The van der Waals surface area contributed by atoms with Crippen molar-refractivity contribution < 1.29 is 9.63 Å². The first kappa shape index (κ1) is 22.6. The van der Waals surface area contributed by atoms with Gasteiger partial charge in [0.05, 0.1) is 35.0 Å². The fraction of sp³-hybridized carbons (Fsp3) is 0.280. The lowest BCUT2D eigenvalue weighted by Crippen LogP contribution is -2.26. The Morgan fingerprint density at radius 3 is 2.40 bits per heavy atom.